The highest BCUT2D eigenvalue weighted by atomic mass is 16.6. The summed E-state index contributed by atoms with van der Waals surface area (Å²) in [4.78, 5) is 38.2. The predicted molar refractivity (Wildman–Crippen MR) is 307 cm³/mol. The summed E-state index contributed by atoms with van der Waals surface area (Å²) >= 11 is 0. The maximum Gasteiger partial charge on any atom is 0.306 e. The monoisotopic (exact) mass is 987 g/mol. The summed E-state index contributed by atoms with van der Waals surface area (Å²) in [5.41, 5.74) is 0. The first-order chi connectivity index (χ1) is 35.0. The third-order valence-electron chi connectivity index (χ3n) is 12.5. The molecule has 0 aliphatic heterocycles. The van der Waals surface area contributed by atoms with Crippen molar-refractivity contribution in [1.82, 2.24) is 0 Å². The molecule has 6 heteroatoms. The van der Waals surface area contributed by atoms with Crippen LogP contribution < -0.4 is 0 Å². The molecule has 0 aromatic carbocycles. The molecule has 0 bridgehead atoms. The Kier molecular flexibility index (Phi) is 55.9. The average molecular weight is 988 g/mol. The van der Waals surface area contributed by atoms with Gasteiger partial charge in [-0.2, -0.15) is 0 Å². The predicted octanol–water partition coefficient (Wildman–Crippen LogP) is 20.1. The van der Waals surface area contributed by atoms with Crippen molar-refractivity contribution in [3.05, 3.63) is 97.2 Å². The van der Waals surface area contributed by atoms with E-state index in [9.17, 15) is 14.4 Å². The second kappa shape index (κ2) is 58.9. The Hall–Kier alpha value is -3.67. The number of esters is 3. The fraction of sp³-hybridized carbons (Fsp3) is 0.708. The Balaban J connectivity index is 4.38. The van der Waals surface area contributed by atoms with E-state index in [1.165, 1.54) is 103 Å². The summed E-state index contributed by atoms with van der Waals surface area (Å²) in [6.45, 7) is 6.44. The van der Waals surface area contributed by atoms with E-state index < -0.39 is 6.10 Å². The molecule has 0 amide bonds. The molecule has 0 spiro atoms. The second-order valence-electron chi connectivity index (χ2n) is 19.5. The second-order valence-corrected chi connectivity index (χ2v) is 19.5. The molecule has 0 aliphatic carbocycles. The number of carbonyl (C=O) groups is 3. The van der Waals surface area contributed by atoms with Crippen molar-refractivity contribution in [3.8, 4) is 0 Å². The highest BCUT2D eigenvalue weighted by Crippen LogP contribution is 2.15. The minimum atomic E-state index is -0.794. The van der Waals surface area contributed by atoms with E-state index in [-0.39, 0.29) is 31.1 Å². The Bertz CT molecular complexity index is 1410. The average Bonchev–Trinajstić information content (AvgIpc) is 3.37. The zero-order valence-corrected chi connectivity index (χ0v) is 46.5. The van der Waals surface area contributed by atoms with E-state index >= 15 is 0 Å². The van der Waals surface area contributed by atoms with Crippen LogP contribution in [0.3, 0.4) is 0 Å². The molecule has 0 fully saturated rings. The van der Waals surface area contributed by atoms with Crippen LogP contribution in [0.25, 0.3) is 0 Å². The molecule has 0 aliphatic rings. The van der Waals surface area contributed by atoms with E-state index in [0.29, 0.717) is 19.3 Å². The Morgan fingerprint density at radius 2 is 0.577 bits per heavy atom. The van der Waals surface area contributed by atoms with Gasteiger partial charge in [-0.1, -0.05) is 240 Å². The first kappa shape index (κ1) is 67.3. The van der Waals surface area contributed by atoms with Gasteiger partial charge in [-0.25, -0.2) is 0 Å². The molecule has 1 atom stereocenters. The van der Waals surface area contributed by atoms with Crippen molar-refractivity contribution >= 4 is 17.9 Å². The van der Waals surface area contributed by atoms with Gasteiger partial charge < -0.3 is 14.2 Å². The maximum absolute atomic E-state index is 12.9. The molecule has 1 unspecified atom stereocenters. The van der Waals surface area contributed by atoms with Crippen molar-refractivity contribution in [3.63, 3.8) is 0 Å². The van der Waals surface area contributed by atoms with E-state index in [1.54, 1.807) is 0 Å². The Morgan fingerprint density at radius 3 is 0.915 bits per heavy atom. The van der Waals surface area contributed by atoms with Gasteiger partial charge in [0.15, 0.2) is 6.10 Å². The topological polar surface area (TPSA) is 78.9 Å². The van der Waals surface area contributed by atoms with Gasteiger partial charge in [0, 0.05) is 19.3 Å². The smallest absolute Gasteiger partial charge is 0.306 e. The minimum absolute atomic E-state index is 0.0906. The molecule has 0 saturated heterocycles. The minimum Gasteiger partial charge on any atom is -0.462 e. The quantitative estimate of drug-likeness (QED) is 0.0261. The summed E-state index contributed by atoms with van der Waals surface area (Å²) in [6, 6.07) is 0. The van der Waals surface area contributed by atoms with Gasteiger partial charge in [-0.15, -0.1) is 0 Å². The summed E-state index contributed by atoms with van der Waals surface area (Å²) in [5.74, 6) is -0.918. The normalized spacial score (nSPS) is 12.8. The third kappa shape index (κ3) is 57.1. The fourth-order valence-electron chi connectivity index (χ4n) is 8.09. The van der Waals surface area contributed by atoms with Gasteiger partial charge in [0.1, 0.15) is 13.2 Å². The lowest BCUT2D eigenvalue weighted by atomic mass is 10.1. The van der Waals surface area contributed by atoms with Crippen molar-refractivity contribution in [2.75, 3.05) is 13.2 Å². The molecule has 71 heavy (non-hydrogen) atoms. The van der Waals surface area contributed by atoms with Crippen LogP contribution in [-0.4, -0.2) is 37.2 Å². The van der Waals surface area contributed by atoms with Crippen molar-refractivity contribution in [1.29, 1.82) is 0 Å². The summed E-state index contributed by atoms with van der Waals surface area (Å²) < 4.78 is 16.9. The van der Waals surface area contributed by atoms with E-state index in [2.05, 4.69) is 118 Å². The van der Waals surface area contributed by atoms with Crippen LogP contribution in [0, 0.1) is 0 Å². The SMILES string of the molecule is CC/C=C\C/C=C\C/C=C\CCCCCCCCCC(=O)OC(COC(=O)CCCCCCC/C=C\C/C=C\CCC)COC(=O)CCCCCCCCCC/C=C\C/C=C\C/C=C\CCCCCCC. The van der Waals surface area contributed by atoms with Crippen LogP contribution in [0.2, 0.25) is 0 Å². The number of rotatable bonds is 53. The Morgan fingerprint density at radius 1 is 0.296 bits per heavy atom. The van der Waals surface area contributed by atoms with Gasteiger partial charge in [0.2, 0.25) is 0 Å². The molecule has 0 saturated carbocycles. The summed E-state index contributed by atoms with van der Waals surface area (Å²) in [5, 5.41) is 0. The Labute approximate surface area is 438 Å². The van der Waals surface area contributed by atoms with Gasteiger partial charge in [-0.3, -0.25) is 14.4 Å². The van der Waals surface area contributed by atoms with Crippen molar-refractivity contribution in [2.45, 2.75) is 284 Å². The molecular formula is C65H110O6. The summed E-state index contributed by atoms with van der Waals surface area (Å²) in [7, 11) is 0. The molecule has 0 aromatic rings. The molecule has 0 rings (SSSR count). The van der Waals surface area contributed by atoms with Crippen LogP contribution in [-0.2, 0) is 28.6 Å². The summed E-state index contributed by atoms with van der Waals surface area (Å²) in [6.07, 6.45) is 78.3. The first-order valence-corrected chi connectivity index (χ1v) is 29.7. The van der Waals surface area contributed by atoms with E-state index in [1.807, 2.05) is 0 Å². The van der Waals surface area contributed by atoms with Crippen LogP contribution >= 0.6 is 0 Å². The van der Waals surface area contributed by atoms with Gasteiger partial charge in [-0.05, 0) is 116 Å². The zero-order chi connectivity index (χ0) is 51.4. The van der Waals surface area contributed by atoms with Crippen LogP contribution in [0.1, 0.15) is 278 Å². The van der Waals surface area contributed by atoms with Gasteiger partial charge in [0.05, 0.1) is 0 Å². The van der Waals surface area contributed by atoms with Crippen LogP contribution in [0.5, 0.6) is 0 Å². The van der Waals surface area contributed by atoms with Crippen LogP contribution in [0.15, 0.2) is 97.2 Å². The standard InChI is InChI=1S/C65H110O6/c1-4-7-10-13-16-19-22-25-27-29-30-31-32-33-34-36-37-40-43-46-49-52-55-58-64(67)70-61-62(60-69-63(66)57-54-51-48-45-42-39-24-21-18-15-12-9-6-3)71-65(68)59-56-53-50-47-44-41-38-35-28-26-23-20-17-14-11-8-5-2/h8,11-12,15,17,20-22,24-26,28-30,32-33,62H,4-7,9-10,13-14,16,18-19,23,27,31,34-61H2,1-3H3/b11-8-,15-12-,20-17-,24-21-,25-22-,28-26-,30-29-,33-32-. The maximum atomic E-state index is 12.9. The number of allylic oxidation sites excluding steroid dienone is 16. The molecular weight excluding hydrogens is 877 g/mol. The lowest BCUT2D eigenvalue weighted by Crippen LogP contribution is -2.30. The van der Waals surface area contributed by atoms with Gasteiger partial charge in [0.25, 0.3) is 0 Å². The molecule has 0 N–H and O–H groups in total. The molecule has 0 heterocycles. The molecule has 406 valence electrons. The lowest BCUT2D eigenvalue weighted by molar-refractivity contribution is -0.167. The zero-order valence-electron chi connectivity index (χ0n) is 46.5. The molecule has 6 nitrogen and oxygen atoms in total. The van der Waals surface area contributed by atoms with E-state index in [0.717, 1.165) is 135 Å². The highest BCUT2D eigenvalue weighted by molar-refractivity contribution is 5.71. The fourth-order valence-corrected chi connectivity index (χ4v) is 8.09. The van der Waals surface area contributed by atoms with E-state index in [4.69, 9.17) is 14.2 Å². The number of hydrogen-bond donors (Lipinski definition) is 0. The first-order valence-electron chi connectivity index (χ1n) is 29.7. The lowest BCUT2D eigenvalue weighted by Gasteiger charge is -2.18. The highest BCUT2D eigenvalue weighted by Gasteiger charge is 2.19. The van der Waals surface area contributed by atoms with Gasteiger partial charge >= 0.3 is 17.9 Å². The molecule has 0 aromatic heterocycles. The number of carbonyl (C=O) groups excluding carboxylic acids is 3. The number of hydrogen-bond acceptors (Lipinski definition) is 6. The van der Waals surface area contributed by atoms with Crippen molar-refractivity contribution in [2.24, 2.45) is 0 Å². The number of ether oxygens (including phenoxy) is 3. The largest absolute Gasteiger partial charge is 0.462 e. The molecule has 0 radical (unpaired) electrons. The number of unbranched alkanes of at least 4 members (excludes halogenated alkanes) is 26. The van der Waals surface area contributed by atoms with Crippen LogP contribution in [0.4, 0.5) is 0 Å². The third-order valence-corrected chi connectivity index (χ3v) is 12.5. The van der Waals surface area contributed by atoms with Crippen molar-refractivity contribution < 1.29 is 28.6 Å².